The zero-order valence-corrected chi connectivity index (χ0v) is 16.3. The Labute approximate surface area is 165 Å². The third kappa shape index (κ3) is 3.09. The first-order chi connectivity index (χ1) is 13.1. The number of halogens is 1. The molecule has 0 saturated heterocycles. The number of benzene rings is 3. The monoisotopic (exact) mass is 397 g/mol. The van der Waals surface area contributed by atoms with Crippen LogP contribution >= 0.6 is 22.9 Å². The molecule has 6 heteroatoms. The smallest absolute Gasteiger partial charge is 0.267 e. The van der Waals surface area contributed by atoms with Crippen molar-refractivity contribution in [2.45, 2.75) is 0 Å². The highest BCUT2D eigenvalue weighted by atomic mass is 35.5. The Hall–Kier alpha value is -2.76. The van der Waals surface area contributed by atoms with E-state index < -0.39 is 0 Å². The van der Waals surface area contributed by atoms with Gasteiger partial charge in [0.05, 0.1) is 24.9 Å². The van der Waals surface area contributed by atoms with Gasteiger partial charge in [-0.15, -0.1) is 11.3 Å². The second-order valence-corrected chi connectivity index (χ2v) is 7.36. The van der Waals surface area contributed by atoms with Gasteiger partial charge >= 0.3 is 0 Å². The van der Waals surface area contributed by atoms with Crippen LogP contribution in [0.15, 0.2) is 54.6 Å². The molecule has 0 bridgehead atoms. The zero-order chi connectivity index (χ0) is 19.0. The van der Waals surface area contributed by atoms with E-state index in [1.165, 1.54) is 11.3 Å². The van der Waals surface area contributed by atoms with E-state index in [2.05, 4.69) is 5.32 Å². The van der Waals surface area contributed by atoms with Crippen LogP contribution in [-0.4, -0.2) is 20.1 Å². The maximum atomic E-state index is 12.9. The van der Waals surface area contributed by atoms with Crippen LogP contribution in [0.4, 0.5) is 5.69 Å². The van der Waals surface area contributed by atoms with Gasteiger partial charge in [-0.1, -0.05) is 41.9 Å². The minimum Gasteiger partial charge on any atom is -0.497 e. The minimum atomic E-state index is -0.281. The molecule has 0 saturated carbocycles. The van der Waals surface area contributed by atoms with Gasteiger partial charge in [0.25, 0.3) is 5.91 Å². The lowest BCUT2D eigenvalue weighted by molar-refractivity contribution is 0.103. The Morgan fingerprint density at radius 1 is 1.04 bits per heavy atom. The van der Waals surface area contributed by atoms with E-state index in [9.17, 15) is 4.79 Å². The number of nitrogens with one attached hydrogen (secondary N) is 1. The number of ether oxygens (including phenoxy) is 2. The Balaban J connectivity index is 1.78. The summed E-state index contributed by atoms with van der Waals surface area (Å²) < 4.78 is 11.5. The molecule has 0 spiro atoms. The molecule has 1 heterocycles. The number of methoxy groups -OCH3 is 2. The van der Waals surface area contributed by atoms with Crippen molar-refractivity contribution in [1.29, 1.82) is 0 Å². The van der Waals surface area contributed by atoms with E-state index >= 15 is 0 Å². The minimum absolute atomic E-state index is 0.281. The fourth-order valence-corrected chi connectivity index (χ4v) is 4.53. The van der Waals surface area contributed by atoms with Crippen LogP contribution in [0, 0.1) is 0 Å². The Morgan fingerprint density at radius 3 is 2.63 bits per heavy atom. The quantitative estimate of drug-likeness (QED) is 0.461. The van der Waals surface area contributed by atoms with E-state index in [0.29, 0.717) is 27.1 Å². The van der Waals surface area contributed by atoms with Crippen LogP contribution in [0.3, 0.4) is 0 Å². The largest absolute Gasteiger partial charge is 0.497 e. The molecule has 4 nitrogen and oxygen atoms in total. The summed E-state index contributed by atoms with van der Waals surface area (Å²) in [7, 11) is 3.12. The first kappa shape index (κ1) is 17.6. The molecular formula is C21H16ClNO3S. The van der Waals surface area contributed by atoms with Gasteiger partial charge in [-0.3, -0.25) is 4.79 Å². The molecule has 0 aliphatic heterocycles. The van der Waals surface area contributed by atoms with E-state index in [4.69, 9.17) is 21.1 Å². The second kappa shape index (κ2) is 7.10. The third-order valence-electron chi connectivity index (χ3n) is 4.38. The molecule has 27 heavy (non-hydrogen) atoms. The molecule has 0 aliphatic carbocycles. The molecule has 0 atom stereocenters. The topological polar surface area (TPSA) is 47.6 Å². The predicted octanol–water partition coefficient (Wildman–Crippen LogP) is 5.98. The normalized spacial score (nSPS) is 10.9. The summed E-state index contributed by atoms with van der Waals surface area (Å²) in [6, 6.07) is 17.3. The Morgan fingerprint density at radius 2 is 1.85 bits per heavy atom. The number of amides is 1. The molecule has 4 aromatic rings. The number of thiophene rings is 1. The molecule has 4 rings (SSSR count). The average Bonchev–Trinajstić information content (AvgIpc) is 3.05. The number of fused-ring (bicyclic) bond motifs is 3. The van der Waals surface area contributed by atoms with Crippen molar-refractivity contribution in [3.8, 4) is 11.5 Å². The Kier molecular flexibility index (Phi) is 4.64. The number of rotatable bonds is 4. The van der Waals surface area contributed by atoms with Gasteiger partial charge in [0.1, 0.15) is 16.4 Å². The lowest BCUT2D eigenvalue weighted by atomic mass is 10.1. The number of carbonyl (C=O) groups is 1. The number of hydrogen-bond donors (Lipinski definition) is 1. The maximum Gasteiger partial charge on any atom is 0.267 e. The van der Waals surface area contributed by atoms with Crippen LogP contribution in [0.2, 0.25) is 5.02 Å². The molecule has 0 radical (unpaired) electrons. The fraction of sp³-hybridized carbons (Fsp3) is 0.0952. The van der Waals surface area contributed by atoms with Gasteiger partial charge in [-0.2, -0.15) is 0 Å². The third-order valence-corrected chi connectivity index (χ3v) is 6.03. The first-order valence-electron chi connectivity index (χ1n) is 8.25. The van der Waals surface area contributed by atoms with E-state index in [1.807, 2.05) is 36.4 Å². The summed E-state index contributed by atoms with van der Waals surface area (Å²) in [5.41, 5.74) is 0.528. The molecule has 1 N–H and O–H groups in total. The van der Waals surface area contributed by atoms with Crippen LogP contribution in [-0.2, 0) is 0 Å². The maximum absolute atomic E-state index is 12.9. The predicted molar refractivity (Wildman–Crippen MR) is 112 cm³/mol. The van der Waals surface area contributed by atoms with Gasteiger partial charge in [-0.05, 0) is 29.0 Å². The lowest BCUT2D eigenvalue weighted by Gasteiger charge is -2.11. The van der Waals surface area contributed by atoms with Crippen LogP contribution in [0.25, 0.3) is 20.9 Å². The van der Waals surface area contributed by atoms with Gasteiger partial charge in [0.15, 0.2) is 0 Å². The lowest BCUT2D eigenvalue weighted by Crippen LogP contribution is -2.11. The molecule has 1 aromatic heterocycles. The first-order valence-corrected chi connectivity index (χ1v) is 9.45. The molecular weight excluding hydrogens is 382 g/mol. The van der Waals surface area contributed by atoms with E-state index in [1.54, 1.807) is 32.4 Å². The van der Waals surface area contributed by atoms with Crippen LogP contribution in [0.5, 0.6) is 11.5 Å². The van der Waals surface area contributed by atoms with Crippen LogP contribution in [0.1, 0.15) is 9.67 Å². The summed E-state index contributed by atoms with van der Waals surface area (Å²) in [6.07, 6.45) is 0. The summed E-state index contributed by atoms with van der Waals surface area (Å²) in [5, 5.41) is 6.38. The van der Waals surface area contributed by atoms with Crippen molar-refractivity contribution >= 4 is 55.4 Å². The van der Waals surface area contributed by atoms with Crippen molar-refractivity contribution in [2.24, 2.45) is 0 Å². The molecule has 0 fully saturated rings. The highest BCUT2D eigenvalue weighted by molar-refractivity contribution is 7.22. The van der Waals surface area contributed by atoms with Crippen molar-refractivity contribution in [3.63, 3.8) is 0 Å². The highest BCUT2D eigenvalue weighted by Crippen LogP contribution is 2.40. The van der Waals surface area contributed by atoms with Crippen molar-refractivity contribution in [3.05, 3.63) is 64.5 Å². The number of carbonyl (C=O) groups excluding carboxylic acids is 1. The molecule has 0 aliphatic rings. The van der Waals surface area contributed by atoms with Crippen LogP contribution < -0.4 is 14.8 Å². The molecule has 136 valence electrons. The van der Waals surface area contributed by atoms with Crippen molar-refractivity contribution < 1.29 is 14.3 Å². The van der Waals surface area contributed by atoms with Crippen molar-refractivity contribution in [2.75, 3.05) is 19.5 Å². The summed E-state index contributed by atoms with van der Waals surface area (Å²) in [5.74, 6) is 0.892. The van der Waals surface area contributed by atoms with Gasteiger partial charge < -0.3 is 14.8 Å². The standard InChI is InChI=1S/C21H16ClNO3S/c1-25-13-8-9-16(26-2)15(11-13)23-21(24)20-19(22)18-14-6-4-3-5-12(14)7-10-17(18)27-20/h3-11H,1-2H3,(H,23,24). The number of anilines is 1. The zero-order valence-electron chi connectivity index (χ0n) is 14.7. The molecule has 0 unspecified atom stereocenters. The van der Waals surface area contributed by atoms with E-state index in [0.717, 1.165) is 20.9 Å². The Bertz CT molecular complexity index is 1170. The SMILES string of the molecule is COc1ccc(OC)c(NC(=O)c2sc3ccc4ccccc4c3c2Cl)c1. The summed E-state index contributed by atoms with van der Waals surface area (Å²) in [6.45, 7) is 0. The summed E-state index contributed by atoms with van der Waals surface area (Å²) >= 11 is 8.00. The van der Waals surface area contributed by atoms with Crippen molar-refractivity contribution in [1.82, 2.24) is 0 Å². The number of hydrogen-bond acceptors (Lipinski definition) is 4. The average molecular weight is 398 g/mol. The fourth-order valence-electron chi connectivity index (χ4n) is 3.07. The molecule has 3 aromatic carbocycles. The summed E-state index contributed by atoms with van der Waals surface area (Å²) in [4.78, 5) is 13.4. The molecule has 1 amide bonds. The highest BCUT2D eigenvalue weighted by Gasteiger charge is 2.20. The van der Waals surface area contributed by atoms with Gasteiger partial charge in [0.2, 0.25) is 0 Å². The van der Waals surface area contributed by atoms with Gasteiger partial charge in [0, 0.05) is 16.2 Å². The van der Waals surface area contributed by atoms with E-state index in [-0.39, 0.29) is 5.91 Å². The van der Waals surface area contributed by atoms with Gasteiger partial charge in [-0.25, -0.2) is 0 Å². The second-order valence-electron chi connectivity index (χ2n) is 5.93.